The molecule has 6 heteroatoms. The molecule has 1 fully saturated rings. The van der Waals surface area contributed by atoms with Gasteiger partial charge in [0.15, 0.2) is 0 Å². The predicted octanol–water partition coefficient (Wildman–Crippen LogP) is 1.86. The quantitative estimate of drug-likeness (QED) is 0.854. The Kier molecular flexibility index (Phi) is 4.45. The van der Waals surface area contributed by atoms with E-state index in [4.69, 9.17) is 5.26 Å². The molecule has 0 bridgehead atoms. The van der Waals surface area contributed by atoms with E-state index in [1.807, 2.05) is 6.07 Å². The molecular weight excluding hydrogens is 288 g/mol. The number of Topliss-reactive ketones (excluding diaryl/α,β-unsaturated/α-hetero) is 1. The van der Waals surface area contributed by atoms with Crippen molar-refractivity contribution < 1.29 is 13.2 Å². The summed E-state index contributed by atoms with van der Waals surface area (Å²) < 4.78 is 26.7. The minimum absolute atomic E-state index is 0.0332. The van der Waals surface area contributed by atoms with E-state index >= 15 is 0 Å². The Hall–Kier alpha value is -1.71. The lowest BCUT2D eigenvalue weighted by molar-refractivity contribution is -0.121. The molecule has 2 rings (SSSR count). The van der Waals surface area contributed by atoms with Gasteiger partial charge in [-0.05, 0) is 50.5 Å². The number of rotatable bonds is 3. The summed E-state index contributed by atoms with van der Waals surface area (Å²) in [6.45, 7) is 3.90. The molecule has 1 heterocycles. The second-order valence-electron chi connectivity index (χ2n) is 5.40. The predicted molar refractivity (Wildman–Crippen MR) is 78.1 cm³/mol. The molecule has 1 aliphatic heterocycles. The van der Waals surface area contributed by atoms with Crippen molar-refractivity contribution in [2.24, 2.45) is 5.92 Å². The standard InChI is InChI=1S/C15H18N2O3S/c1-11-8-15(6-5-13(11)9-16)21(19,20)17-7-3-4-14(10-17)12(2)18/h5-6,8,14H,3-4,7,10H2,1-2H3. The van der Waals surface area contributed by atoms with Crippen LogP contribution in [0.1, 0.15) is 30.9 Å². The smallest absolute Gasteiger partial charge is 0.243 e. The molecule has 1 unspecified atom stereocenters. The van der Waals surface area contributed by atoms with Crippen LogP contribution in [-0.4, -0.2) is 31.6 Å². The second-order valence-corrected chi connectivity index (χ2v) is 7.34. The lowest BCUT2D eigenvalue weighted by Crippen LogP contribution is -2.41. The van der Waals surface area contributed by atoms with Crippen LogP contribution in [0, 0.1) is 24.2 Å². The summed E-state index contributed by atoms with van der Waals surface area (Å²) in [5.74, 6) is -0.182. The number of nitrogens with zero attached hydrogens (tertiary/aromatic N) is 2. The van der Waals surface area contributed by atoms with Gasteiger partial charge < -0.3 is 0 Å². The molecule has 1 atom stereocenters. The molecule has 1 aromatic carbocycles. The first kappa shape index (κ1) is 15.7. The van der Waals surface area contributed by atoms with Gasteiger partial charge in [-0.3, -0.25) is 4.79 Å². The minimum atomic E-state index is -3.60. The third-order valence-corrected chi connectivity index (χ3v) is 5.78. The van der Waals surface area contributed by atoms with E-state index in [1.165, 1.54) is 29.4 Å². The lowest BCUT2D eigenvalue weighted by atomic mass is 9.96. The molecule has 0 aliphatic carbocycles. The van der Waals surface area contributed by atoms with E-state index < -0.39 is 10.0 Å². The largest absolute Gasteiger partial charge is 0.300 e. The third kappa shape index (κ3) is 3.14. The van der Waals surface area contributed by atoms with E-state index in [0.29, 0.717) is 24.1 Å². The van der Waals surface area contributed by atoms with Crippen molar-refractivity contribution in [2.45, 2.75) is 31.6 Å². The zero-order valence-corrected chi connectivity index (χ0v) is 13.0. The summed E-state index contributed by atoms with van der Waals surface area (Å²) in [5, 5.41) is 8.91. The molecule has 1 aliphatic rings. The average molecular weight is 306 g/mol. The van der Waals surface area contributed by atoms with Gasteiger partial charge in [0.05, 0.1) is 16.5 Å². The number of ketones is 1. The van der Waals surface area contributed by atoms with Gasteiger partial charge in [-0.25, -0.2) is 8.42 Å². The van der Waals surface area contributed by atoms with Crippen LogP contribution in [0.4, 0.5) is 0 Å². The van der Waals surface area contributed by atoms with Crippen LogP contribution in [-0.2, 0) is 14.8 Å². The van der Waals surface area contributed by atoms with Crippen molar-refractivity contribution in [3.05, 3.63) is 29.3 Å². The van der Waals surface area contributed by atoms with E-state index in [-0.39, 0.29) is 23.1 Å². The van der Waals surface area contributed by atoms with Crippen LogP contribution in [0.25, 0.3) is 0 Å². The van der Waals surface area contributed by atoms with Gasteiger partial charge in [0, 0.05) is 19.0 Å². The van der Waals surface area contributed by atoms with Crippen LogP contribution in [0.3, 0.4) is 0 Å². The molecule has 0 N–H and O–H groups in total. The zero-order chi connectivity index (χ0) is 15.6. The number of nitriles is 1. The van der Waals surface area contributed by atoms with E-state index in [0.717, 1.165) is 6.42 Å². The van der Waals surface area contributed by atoms with Crippen molar-refractivity contribution >= 4 is 15.8 Å². The van der Waals surface area contributed by atoms with Gasteiger partial charge in [-0.1, -0.05) is 0 Å². The molecule has 112 valence electrons. The summed E-state index contributed by atoms with van der Waals surface area (Å²) in [4.78, 5) is 11.7. The molecule has 0 radical (unpaired) electrons. The van der Waals surface area contributed by atoms with Gasteiger partial charge in [0.1, 0.15) is 5.78 Å². The minimum Gasteiger partial charge on any atom is -0.300 e. The molecule has 1 aromatic rings. The maximum atomic E-state index is 12.6. The fourth-order valence-electron chi connectivity index (χ4n) is 2.56. The topological polar surface area (TPSA) is 78.2 Å². The highest BCUT2D eigenvalue weighted by Crippen LogP contribution is 2.25. The Morgan fingerprint density at radius 1 is 1.43 bits per heavy atom. The van der Waals surface area contributed by atoms with Crippen LogP contribution >= 0.6 is 0 Å². The molecule has 0 spiro atoms. The maximum Gasteiger partial charge on any atom is 0.243 e. The van der Waals surface area contributed by atoms with E-state index in [1.54, 1.807) is 6.92 Å². The second kappa shape index (κ2) is 5.96. The molecule has 1 saturated heterocycles. The van der Waals surface area contributed by atoms with Crippen LogP contribution in [0.15, 0.2) is 23.1 Å². The first-order valence-corrected chi connectivity index (χ1v) is 8.31. The Labute approximate surface area is 125 Å². The highest BCUT2D eigenvalue weighted by atomic mass is 32.2. The number of piperidine rings is 1. The highest BCUT2D eigenvalue weighted by Gasteiger charge is 2.32. The summed E-state index contributed by atoms with van der Waals surface area (Å²) in [7, 11) is -3.60. The summed E-state index contributed by atoms with van der Waals surface area (Å²) in [6.07, 6.45) is 1.44. The number of carbonyl (C=O) groups is 1. The number of carbonyl (C=O) groups excluding carboxylic acids is 1. The number of aryl methyl sites for hydroxylation is 1. The Bertz CT molecular complexity index is 704. The Balaban J connectivity index is 2.32. The van der Waals surface area contributed by atoms with Gasteiger partial charge in [-0.2, -0.15) is 9.57 Å². The Morgan fingerprint density at radius 3 is 2.71 bits per heavy atom. The molecule has 0 saturated carbocycles. The number of sulfonamides is 1. The average Bonchev–Trinajstić information content (AvgIpc) is 2.47. The zero-order valence-electron chi connectivity index (χ0n) is 12.2. The van der Waals surface area contributed by atoms with Crippen molar-refractivity contribution in [3.63, 3.8) is 0 Å². The maximum absolute atomic E-state index is 12.6. The summed E-state index contributed by atoms with van der Waals surface area (Å²) >= 11 is 0. The summed E-state index contributed by atoms with van der Waals surface area (Å²) in [5.41, 5.74) is 1.10. The lowest BCUT2D eigenvalue weighted by Gasteiger charge is -2.30. The van der Waals surface area contributed by atoms with Crippen molar-refractivity contribution in [2.75, 3.05) is 13.1 Å². The van der Waals surface area contributed by atoms with Crippen molar-refractivity contribution in [1.29, 1.82) is 5.26 Å². The SMILES string of the molecule is CC(=O)C1CCCN(S(=O)(=O)c2ccc(C#N)c(C)c2)C1. The third-order valence-electron chi connectivity index (χ3n) is 3.92. The fourth-order valence-corrected chi connectivity index (χ4v) is 4.17. The van der Waals surface area contributed by atoms with Gasteiger partial charge in [0.2, 0.25) is 10.0 Å². The van der Waals surface area contributed by atoms with Crippen LogP contribution in [0.5, 0.6) is 0 Å². The first-order chi connectivity index (χ1) is 9.86. The van der Waals surface area contributed by atoms with Crippen molar-refractivity contribution in [1.82, 2.24) is 4.31 Å². The number of benzene rings is 1. The van der Waals surface area contributed by atoms with E-state index in [2.05, 4.69) is 0 Å². The monoisotopic (exact) mass is 306 g/mol. The van der Waals surface area contributed by atoms with Gasteiger partial charge in [0.25, 0.3) is 0 Å². The molecule has 0 aromatic heterocycles. The number of hydrogen-bond donors (Lipinski definition) is 0. The van der Waals surface area contributed by atoms with Gasteiger partial charge in [-0.15, -0.1) is 0 Å². The molecule has 5 nitrogen and oxygen atoms in total. The van der Waals surface area contributed by atoms with Crippen molar-refractivity contribution in [3.8, 4) is 6.07 Å². The Morgan fingerprint density at radius 2 is 2.14 bits per heavy atom. The van der Waals surface area contributed by atoms with Crippen LogP contribution < -0.4 is 0 Å². The highest BCUT2D eigenvalue weighted by molar-refractivity contribution is 7.89. The fraction of sp³-hybridized carbons (Fsp3) is 0.467. The molecule has 21 heavy (non-hydrogen) atoms. The number of hydrogen-bond acceptors (Lipinski definition) is 4. The summed E-state index contributed by atoms with van der Waals surface area (Å²) in [6, 6.07) is 6.52. The van der Waals surface area contributed by atoms with E-state index in [9.17, 15) is 13.2 Å². The first-order valence-electron chi connectivity index (χ1n) is 6.87. The van der Waals surface area contributed by atoms with Gasteiger partial charge >= 0.3 is 0 Å². The van der Waals surface area contributed by atoms with Crippen LogP contribution in [0.2, 0.25) is 0 Å². The normalized spacial score (nSPS) is 20.0. The molecular formula is C15H18N2O3S. The molecule has 0 amide bonds.